The zero-order chi connectivity index (χ0) is 15.2. The maximum Gasteiger partial charge on any atom is 0.310 e. The van der Waals surface area contributed by atoms with E-state index in [2.05, 4.69) is 5.32 Å². The molecule has 0 aliphatic rings. The average Bonchev–Trinajstić information content (AvgIpc) is 2.47. The smallest absolute Gasteiger partial charge is 0.310 e. The number of nitro groups is 1. The first-order chi connectivity index (χ1) is 10.1. The number of nitrogens with zero attached hydrogens (tertiary/aromatic N) is 1. The van der Waals surface area contributed by atoms with Gasteiger partial charge in [0.15, 0.2) is 0 Å². The zero-order valence-electron chi connectivity index (χ0n) is 11.3. The van der Waals surface area contributed by atoms with Crippen molar-refractivity contribution in [3.8, 4) is 0 Å². The molecule has 0 aromatic heterocycles. The van der Waals surface area contributed by atoms with Gasteiger partial charge in [-0.3, -0.25) is 10.1 Å². The van der Waals surface area contributed by atoms with Gasteiger partial charge in [-0.15, -0.1) is 0 Å². The van der Waals surface area contributed by atoms with Crippen molar-refractivity contribution >= 4 is 23.0 Å². The molecule has 0 bridgehead atoms. The third-order valence-corrected chi connectivity index (χ3v) is 3.47. The normalized spacial score (nSPS) is 11.9. The van der Waals surface area contributed by atoms with Gasteiger partial charge in [-0.25, -0.2) is 0 Å². The second-order valence-electron chi connectivity index (χ2n) is 4.63. The Balaban J connectivity index is 1.98. The van der Waals surface area contributed by atoms with Crippen LogP contribution < -0.4 is 11.1 Å². The van der Waals surface area contributed by atoms with Crippen LogP contribution in [0.1, 0.15) is 18.0 Å². The Kier molecular flexibility index (Phi) is 5.14. The Morgan fingerprint density at radius 1 is 1.19 bits per heavy atom. The Labute approximate surface area is 127 Å². The summed E-state index contributed by atoms with van der Waals surface area (Å²) in [6.45, 7) is 0.525. The van der Waals surface area contributed by atoms with Crippen LogP contribution in [-0.2, 0) is 0 Å². The first-order valence-electron chi connectivity index (χ1n) is 6.57. The van der Waals surface area contributed by atoms with Crippen LogP contribution in [0.3, 0.4) is 0 Å². The molecule has 0 spiro atoms. The van der Waals surface area contributed by atoms with Gasteiger partial charge in [0.25, 0.3) is 0 Å². The number of rotatable bonds is 6. The molecule has 21 heavy (non-hydrogen) atoms. The van der Waals surface area contributed by atoms with Crippen molar-refractivity contribution in [2.24, 2.45) is 5.73 Å². The summed E-state index contributed by atoms with van der Waals surface area (Å²) in [6.07, 6.45) is 0.660. The molecule has 5 nitrogen and oxygen atoms in total. The van der Waals surface area contributed by atoms with E-state index >= 15 is 0 Å². The molecule has 0 aliphatic carbocycles. The number of halogens is 1. The Bertz CT molecular complexity index is 620. The van der Waals surface area contributed by atoms with Gasteiger partial charge in [-0.1, -0.05) is 48.0 Å². The van der Waals surface area contributed by atoms with E-state index in [-0.39, 0.29) is 16.8 Å². The van der Waals surface area contributed by atoms with E-state index in [4.69, 9.17) is 17.3 Å². The average molecular weight is 306 g/mol. The predicted octanol–water partition coefficient (Wildman–Crippen LogP) is 3.75. The van der Waals surface area contributed by atoms with Crippen molar-refractivity contribution in [1.82, 2.24) is 0 Å². The molecule has 0 fully saturated rings. The fourth-order valence-corrected chi connectivity index (χ4v) is 2.32. The molecule has 2 aromatic carbocycles. The van der Waals surface area contributed by atoms with Crippen LogP contribution in [0.2, 0.25) is 5.02 Å². The Morgan fingerprint density at radius 3 is 2.57 bits per heavy atom. The summed E-state index contributed by atoms with van der Waals surface area (Å²) in [6, 6.07) is 14.4. The molecule has 0 amide bonds. The van der Waals surface area contributed by atoms with Crippen molar-refractivity contribution in [3.05, 3.63) is 69.2 Å². The first-order valence-corrected chi connectivity index (χ1v) is 6.94. The number of hydrogen-bond donors (Lipinski definition) is 2. The monoisotopic (exact) mass is 305 g/mol. The lowest BCUT2D eigenvalue weighted by atomic mass is 10.1. The minimum absolute atomic E-state index is 0.104. The second kappa shape index (κ2) is 7.06. The van der Waals surface area contributed by atoms with Crippen LogP contribution in [0.4, 0.5) is 11.4 Å². The maximum atomic E-state index is 11.0. The summed E-state index contributed by atoms with van der Waals surface area (Å²) < 4.78 is 0. The molecular weight excluding hydrogens is 290 g/mol. The van der Waals surface area contributed by atoms with Gasteiger partial charge in [-0.2, -0.15) is 0 Å². The molecule has 6 heteroatoms. The van der Waals surface area contributed by atoms with Crippen molar-refractivity contribution in [2.75, 3.05) is 11.9 Å². The number of para-hydroxylation sites is 1. The minimum Gasteiger partial charge on any atom is -0.379 e. The molecule has 3 N–H and O–H groups in total. The van der Waals surface area contributed by atoms with Crippen LogP contribution in [0.15, 0.2) is 48.5 Å². The van der Waals surface area contributed by atoms with E-state index in [1.165, 1.54) is 6.07 Å². The van der Waals surface area contributed by atoms with Crippen LogP contribution in [0.25, 0.3) is 0 Å². The lowest BCUT2D eigenvalue weighted by Crippen LogP contribution is -2.15. The van der Waals surface area contributed by atoms with E-state index in [1.807, 2.05) is 30.3 Å². The van der Waals surface area contributed by atoms with E-state index in [9.17, 15) is 10.1 Å². The van der Waals surface area contributed by atoms with Gasteiger partial charge in [0, 0.05) is 12.6 Å². The fourth-order valence-electron chi connectivity index (χ4n) is 2.07. The van der Waals surface area contributed by atoms with Crippen LogP contribution in [-0.4, -0.2) is 11.5 Å². The summed E-state index contributed by atoms with van der Waals surface area (Å²) in [5.41, 5.74) is 7.43. The molecule has 0 saturated heterocycles. The number of nitro benzene ring substituents is 1. The van der Waals surface area contributed by atoms with Crippen molar-refractivity contribution in [1.29, 1.82) is 0 Å². The summed E-state index contributed by atoms with van der Waals surface area (Å²) in [5.74, 6) is 0. The van der Waals surface area contributed by atoms with Gasteiger partial charge in [0.1, 0.15) is 10.7 Å². The fraction of sp³-hybridized carbons (Fsp3) is 0.200. The topological polar surface area (TPSA) is 81.2 Å². The molecule has 0 radical (unpaired) electrons. The minimum atomic E-state index is -0.484. The maximum absolute atomic E-state index is 11.0. The highest BCUT2D eigenvalue weighted by Gasteiger charge is 2.18. The summed E-state index contributed by atoms with van der Waals surface area (Å²) in [7, 11) is 0. The molecule has 2 aromatic rings. The zero-order valence-corrected chi connectivity index (χ0v) is 12.1. The number of anilines is 1. The first kappa shape index (κ1) is 15.3. The van der Waals surface area contributed by atoms with Gasteiger partial charge in [0.2, 0.25) is 0 Å². The van der Waals surface area contributed by atoms with Crippen LogP contribution in [0.5, 0.6) is 0 Å². The van der Waals surface area contributed by atoms with Gasteiger partial charge < -0.3 is 11.1 Å². The van der Waals surface area contributed by atoms with E-state index in [0.29, 0.717) is 18.7 Å². The van der Waals surface area contributed by atoms with E-state index in [0.717, 1.165) is 5.56 Å². The number of nitrogens with two attached hydrogens (primary N) is 1. The standard InChI is InChI=1S/C15H16ClN3O2/c16-12-7-4-8-14(15(12)19(20)21)18-10-9-13(17)11-5-2-1-3-6-11/h1-8,13,18H,9-10,17H2. The molecule has 1 unspecified atom stereocenters. The second-order valence-corrected chi connectivity index (χ2v) is 5.03. The largest absolute Gasteiger partial charge is 0.379 e. The summed E-state index contributed by atoms with van der Waals surface area (Å²) in [5, 5.41) is 14.2. The SMILES string of the molecule is NC(CCNc1cccc(Cl)c1[N+](=O)[O-])c1ccccc1. The van der Waals surface area contributed by atoms with Gasteiger partial charge in [0.05, 0.1) is 4.92 Å². The molecular formula is C15H16ClN3O2. The highest BCUT2D eigenvalue weighted by Crippen LogP contribution is 2.32. The molecule has 110 valence electrons. The number of nitrogens with one attached hydrogen (secondary N) is 1. The van der Waals surface area contributed by atoms with Crippen molar-refractivity contribution in [2.45, 2.75) is 12.5 Å². The van der Waals surface area contributed by atoms with E-state index < -0.39 is 4.92 Å². The third kappa shape index (κ3) is 3.93. The summed E-state index contributed by atoms with van der Waals surface area (Å²) in [4.78, 5) is 10.5. The molecule has 2 rings (SSSR count). The van der Waals surface area contributed by atoms with Gasteiger partial charge in [-0.05, 0) is 24.1 Å². The van der Waals surface area contributed by atoms with Gasteiger partial charge >= 0.3 is 5.69 Å². The lowest BCUT2D eigenvalue weighted by molar-refractivity contribution is -0.383. The van der Waals surface area contributed by atoms with E-state index in [1.54, 1.807) is 12.1 Å². The quantitative estimate of drug-likeness (QED) is 0.629. The van der Waals surface area contributed by atoms with Crippen LogP contribution >= 0.6 is 11.6 Å². The Hall–Kier alpha value is -2.11. The molecule has 0 saturated carbocycles. The van der Waals surface area contributed by atoms with Crippen molar-refractivity contribution in [3.63, 3.8) is 0 Å². The molecule has 0 aliphatic heterocycles. The Morgan fingerprint density at radius 2 is 1.90 bits per heavy atom. The molecule has 1 atom stereocenters. The summed E-state index contributed by atoms with van der Waals surface area (Å²) >= 11 is 5.86. The predicted molar refractivity (Wildman–Crippen MR) is 84.6 cm³/mol. The highest BCUT2D eigenvalue weighted by molar-refractivity contribution is 6.33. The van der Waals surface area contributed by atoms with Crippen LogP contribution in [0, 0.1) is 10.1 Å². The lowest BCUT2D eigenvalue weighted by Gasteiger charge is -2.13. The van der Waals surface area contributed by atoms with Crippen molar-refractivity contribution < 1.29 is 4.92 Å². The molecule has 0 heterocycles. The third-order valence-electron chi connectivity index (χ3n) is 3.17. The number of benzene rings is 2. The number of hydrogen-bond acceptors (Lipinski definition) is 4. The highest BCUT2D eigenvalue weighted by atomic mass is 35.5.